The van der Waals surface area contributed by atoms with Gasteiger partial charge in [0.2, 0.25) is 5.91 Å². The highest BCUT2D eigenvalue weighted by Crippen LogP contribution is 2.28. The fourth-order valence-corrected chi connectivity index (χ4v) is 2.80. The van der Waals surface area contributed by atoms with E-state index >= 15 is 0 Å². The summed E-state index contributed by atoms with van der Waals surface area (Å²) in [6, 6.07) is 7.92. The molecule has 1 atom stereocenters. The van der Waals surface area contributed by atoms with Gasteiger partial charge in [-0.15, -0.1) is 22.9 Å². The molecule has 0 aliphatic heterocycles. The fraction of sp³-hybridized carbons (Fsp3) is 0.333. The molecule has 0 unspecified atom stereocenters. The normalized spacial score (nSPS) is 12.6. The molecule has 3 nitrogen and oxygen atoms in total. The Morgan fingerprint density at radius 1 is 1.53 bits per heavy atom. The molecule has 90 valence electrons. The Morgan fingerprint density at radius 2 is 2.24 bits per heavy atom. The lowest BCUT2D eigenvalue weighted by Gasteiger charge is -2.22. The molecule has 2 aromatic rings. The summed E-state index contributed by atoms with van der Waals surface area (Å²) in [4.78, 5) is 17.7. The zero-order valence-corrected chi connectivity index (χ0v) is 11.3. The van der Waals surface area contributed by atoms with Gasteiger partial charge in [0, 0.05) is 7.05 Å². The molecule has 1 aromatic carbocycles. The van der Waals surface area contributed by atoms with E-state index in [-0.39, 0.29) is 17.8 Å². The molecule has 1 heterocycles. The van der Waals surface area contributed by atoms with Gasteiger partial charge < -0.3 is 4.90 Å². The first-order chi connectivity index (χ1) is 8.13. The molecule has 0 aliphatic carbocycles. The Morgan fingerprint density at radius 3 is 2.88 bits per heavy atom. The second-order valence-corrected chi connectivity index (χ2v) is 5.16. The maximum Gasteiger partial charge on any atom is 0.237 e. The van der Waals surface area contributed by atoms with Crippen molar-refractivity contribution in [3.05, 3.63) is 29.3 Å². The van der Waals surface area contributed by atoms with Crippen molar-refractivity contribution >= 4 is 39.1 Å². The number of amides is 1. The minimum atomic E-state index is -0.0848. The third-order valence-corrected chi connectivity index (χ3v) is 4.19. The predicted molar refractivity (Wildman–Crippen MR) is 71.5 cm³/mol. The molecule has 0 N–H and O–H groups in total. The van der Waals surface area contributed by atoms with E-state index in [4.69, 9.17) is 11.6 Å². The molecule has 1 amide bonds. The highest BCUT2D eigenvalue weighted by molar-refractivity contribution is 7.18. The number of carbonyl (C=O) groups excluding carboxylic acids is 1. The van der Waals surface area contributed by atoms with E-state index in [1.807, 2.05) is 31.2 Å². The number of thiazole rings is 1. The van der Waals surface area contributed by atoms with Crippen molar-refractivity contribution in [2.75, 3.05) is 12.9 Å². The lowest BCUT2D eigenvalue weighted by molar-refractivity contribution is -0.129. The summed E-state index contributed by atoms with van der Waals surface area (Å²) in [6.45, 7) is 1.96. The van der Waals surface area contributed by atoms with Crippen LogP contribution in [-0.4, -0.2) is 28.7 Å². The standard InChI is InChI=1S/C12H13ClN2OS/c1-8(15(2)11(16)7-13)12-14-9-5-3-4-6-10(9)17-12/h3-6,8H,7H2,1-2H3/t8-/m0/s1. The smallest absolute Gasteiger partial charge is 0.237 e. The number of halogens is 1. The Hall–Kier alpha value is -1.13. The summed E-state index contributed by atoms with van der Waals surface area (Å²) in [5, 5.41) is 0.937. The van der Waals surface area contributed by atoms with Gasteiger partial charge in [-0.3, -0.25) is 4.79 Å². The Labute approximate surface area is 109 Å². The summed E-state index contributed by atoms with van der Waals surface area (Å²) >= 11 is 7.16. The molecule has 0 radical (unpaired) electrons. The number of nitrogens with zero attached hydrogens (tertiary/aromatic N) is 2. The predicted octanol–water partition coefficient (Wildman–Crippen LogP) is 3.05. The van der Waals surface area contributed by atoms with Crippen molar-refractivity contribution in [1.29, 1.82) is 0 Å². The van der Waals surface area contributed by atoms with Crippen molar-refractivity contribution in [3.63, 3.8) is 0 Å². The van der Waals surface area contributed by atoms with Crippen LogP contribution in [0.5, 0.6) is 0 Å². The Bertz CT molecular complexity index is 507. The number of alkyl halides is 1. The van der Waals surface area contributed by atoms with Crippen LogP contribution in [0.4, 0.5) is 0 Å². The first-order valence-corrected chi connectivity index (χ1v) is 6.65. The van der Waals surface area contributed by atoms with Crippen molar-refractivity contribution in [3.8, 4) is 0 Å². The van der Waals surface area contributed by atoms with Gasteiger partial charge in [-0.25, -0.2) is 4.98 Å². The van der Waals surface area contributed by atoms with Gasteiger partial charge in [0.1, 0.15) is 10.9 Å². The van der Waals surface area contributed by atoms with Gasteiger partial charge in [0.05, 0.1) is 16.3 Å². The van der Waals surface area contributed by atoms with E-state index in [9.17, 15) is 4.79 Å². The molecule has 5 heteroatoms. The molecule has 1 aromatic heterocycles. The number of benzene rings is 1. The number of para-hydroxylation sites is 1. The van der Waals surface area contributed by atoms with Crippen LogP contribution >= 0.6 is 22.9 Å². The molecule has 0 spiro atoms. The third-order valence-electron chi connectivity index (χ3n) is 2.76. The van der Waals surface area contributed by atoms with Gasteiger partial charge in [-0.2, -0.15) is 0 Å². The summed E-state index contributed by atoms with van der Waals surface area (Å²) in [5.41, 5.74) is 0.978. The van der Waals surface area contributed by atoms with Crippen LogP contribution in [0.2, 0.25) is 0 Å². The first kappa shape index (κ1) is 12.3. The maximum atomic E-state index is 11.5. The van der Waals surface area contributed by atoms with E-state index in [0.29, 0.717) is 0 Å². The highest BCUT2D eigenvalue weighted by atomic mass is 35.5. The van der Waals surface area contributed by atoms with E-state index < -0.39 is 0 Å². The topological polar surface area (TPSA) is 33.2 Å². The number of fused-ring (bicyclic) bond motifs is 1. The second-order valence-electron chi connectivity index (χ2n) is 3.83. The molecular weight excluding hydrogens is 256 g/mol. The second kappa shape index (κ2) is 5.02. The number of hydrogen-bond acceptors (Lipinski definition) is 3. The van der Waals surface area contributed by atoms with Crippen molar-refractivity contribution in [2.45, 2.75) is 13.0 Å². The van der Waals surface area contributed by atoms with E-state index in [1.54, 1.807) is 23.3 Å². The molecule has 0 saturated carbocycles. The molecule has 0 bridgehead atoms. The van der Waals surface area contributed by atoms with Gasteiger partial charge >= 0.3 is 0 Å². The fourth-order valence-electron chi connectivity index (χ4n) is 1.54. The first-order valence-electron chi connectivity index (χ1n) is 5.30. The summed E-state index contributed by atoms with van der Waals surface area (Å²) in [5.74, 6) is -0.0791. The lowest BCUT2D eigenvalue weighted by Crippen LogP contribution is -2.30. The molecule has 2 rings (SSSR count). The Kier molecular flexibility index (Phi) is 3.64. The highest BCUT2D eigenvalue weighted by Gasteiger charge is 2.19. The zero-order valence-electron chi connectivity index (χ0n) is 9.68. The van der Waals surface area contributed by atoms with Crippen molar-refractivity contribution in [2.24, 2.45) is 0 Å². The minimum Gasteiger partial charge on any atom is -0.336 e. The van der Waals surface area contributed by atoms with Crippen LogP contribution in [0.3, 0.4) is 0 Å². The van der Waals surface area contributed by atoms with Crippen LogP contribution in [0.25, 0.3) is 10.2 Å². The van der Waals surface area contributed by atoms with E-state index in [1.165, 1.54) is 0 Å². The van der Waals surface area contributed by atoms with Gasteiger partial charge in [-0.1, -0.05) is 12.1 Å². The van der Waals surface area contributed by atoms with Crippen molar-refractivity contribution in [1.82, 2.24) is 9.88 Å². The number of aromatic nitrogens is 1. The van der Waals surface area contributed by atoms with Gasteiger partial charge in [0.25, 0.3) is 0 Å². The summed E-state index contributed by atoms with van der Waals surface area (Å²) in [6.07, 6.45) is 0. The summed E-state index contributed by atoms with van der Waals surface area (Å²) < 4.78 is 1.14. The molecule has 0 aliphatic rings. The lowest BCUT2D eigenvalue weighted by atomic mass is 10.3. The molecule has 17 heavy (non-hydrogen) atoms. The SMILES string of the molecule is C[C@@H](c1nc2ccccc2s1)N(C)C(=O)CCl. The quantitative estimate of drug-likeness (QED) is 0.802. The van der Waals surface area contributed by atoms with Gasteiger partial charge in [-0.05, 0) is 19.1 Å². The largest absolute Gasteiger partial charge is 0.336 e. The number of hydrogen-bond donors (Lipinski definition) is 0. The van der Waals surface area contributed by atoms with Crippen LogP contribution < -0.4 is 0 Å². The third kappa shape index (κ3) is 2.42. The average molecular weight is 269 g/mol. The van der Waals surface area contributed by atoms with Crippen LogP contribution in [0, 0.1) is 0 Å². The number of carbonyl (C=O) groups is 1. The van der Waals surface area contributed by atoms with E-state index in [2.05, 4.69) is 4.98 Å². The Balaban J connectivity index is 2.30. The van der Waals surface area contributed by atoms with E-state index in [0.717, 1.165) is 15.2 Å². The molecular formula is C12H13ClN2OS. The van der Waals surface area contributed by atoms with Crippen molar-refractivity contribution < 1.29 is 4.79 Å². The van der Waals surface area contributed by atoms with Crippen LogP contribution in [0.1, 0.15) is 18.0 Å². The molecule has 0 fully saturated rings. The zero-order chi connectivity index (χ0) is 12.4. The number of rotatable bonds is 3. The van der Waals surface area contributed by atoms with Gasteiger partial charge in [0.15, 0.2) is 0 Å². The average Bonchev–Trinajstić information content (AvgIpc) is 2.79. The molecule has 0 saturated heterocycles. The summed E-state index contributed by atoms with van der Waals surface area (Å²) in [7, 11) is 1.75. The maximum absolute atomic E-state index is 11.5. The monoisotopic (exact) mass is 268 g/mol. The minimum absolute atomic E-state index is 0.00569. The van der Waals surface area contributed by atoms with Crippen LogP contribution in [0.15, 0.2) is 24.3 Å². The van der Waals surface area contributed by atoms with Crippen LogP contribution in [-0.2, 0) is 4.79 Å².